The molecule has 23 heavy (non-hydrogen) atoms. The largest absolute Gasteiger partial charge is 0.208 e. The molecule has 0 N–H and O–H groups in total. The maximum absolute atomic E-state index is 6.59. The highest BCUT2D eigenvalue weighted by Gasteiger charge is 2.52. The van der Waals surface area contributed by atoms with Crippen LogP contribution in [0.4, 0.5) is 0 Å². The maximum Gasteiger partial charge on any atom is 0.208 e. The van der Waals surface area contributed by atoms with Gasteiger partial charge in [0.25, 0.3) is 0 Å². The normalized spacial score (nSPS) is 12.1. The third-order valence-electron chi connectivity index (χ3n) is 4.05. The van der Waals surface area contributed by atoms with Gasteiger partial charge in [-0.25, -0.2) is 0 Å². The van der Waals surface area contributed by atoms with Crippen LogP contribution in [0.1, 0.15) is 16.7 Å². The quantitative estimate of drug-likeness (QED) is 0.374. The van der Waals surface area contributed by atoms with Crippen LogP contribution in [-0.2, 0) is 5.41 Å². The van der Waals surface area contributed by atoms with E-state index in [-0.39, 0.29) is 0 Å². The second-order valence-electron chi connectivity index (χ2n) is 5.35. The zero-order chi connectivity index (χ0) is 16.3. The molecule has 0 bridgehead atoms. The van der Waals surface area contributed by atoms with E-state index in [1.54, 1.807) is 0 Å². The molecule has 3 heteroatoms. The third kappa shape index (κ3) is 2.87. The van der Waals surface area contributed by atoms with Crippen molar-refractivity contribution in [2.24, 2.45) is 0 Å². The molecule has 3 aromatic rings. The van der Waals surface area contributed by atoms with Crippen LogP contribution < -0.4 is 0 Å². The fourth-order valence-corrected chi connectivity index (χ4v) is 4.04. The van der Waals surface area contributed by atoms with E-state index >= 15 is 0 Å². The van der Waals surface area contributed by atoms with E-state index in [0.29, 0.717) is 0 Å². The number of hydrogen-bond acceptors (Lipinski definition) is 0. The Labute approximate surface area is 151 Å². The molecule has 0 unspecified atom stereocenters. The molecule has 0 radical (unpaired) electrons. The molecule has 0 amide bonds. The summed E-state index contributed by atoms with van der Waals surface area (Å²) in [5, 5.41) is 0. The molecule has 0 heterocycles. The summed E-state index contributed by atoms with van der Waals surface area (Å²) in [5.74, 6) is 0. The summed E-state index contributed by atoms with van der Waals surface area (Å²) in [6.45, 7) is 0. The number of hydrogen-bond donors (Lipinski definition) is 0. The summed E-state index contributed by atoms with van der Waals surface area (Å²) >= 11 is 19.8. The summed E-state index contributed by atoms with van der Waals surface area (Å²) in [4.78, 5) is 0. The van der Waals surface area contributed by atoms with E-state index in [0.717, 1.165) is 16.7 Å². The highest BCUT2D eigenvalue weighted by atomic mass is 35.6. The van der Waals surface area contributed by atoms with Gasteiger partial charge in [-0.05, 0) is 16.7 Å². The van der Waals surface area contributed by atoms with Crippen LogP contribution in [0.3, 0.4) is 0 Å². The van der Waals surface area contributed by atoms with Crippen molar-refractivity contribution in [2.45, 2.75) is 9.21 Å². The standard InChI is InChI=1S/C20H15Cl3/c21-20(22,23)19(16-10-4-1-5-11-16,17-12-6-2-7-13-17)18-14-8-3-9-15-18/h1-15H. The SMILES string of the molecule is ClC(Cl)(Cl)C(c1ccccc1)(c1ccccc1)c1ccccc1. The highest BCUT2D eigenvalue weighted by molar-refractivity contribution is 6.69. The van der Waals surface area contributed by atoms with Crippen molar-refractivity contribution in [1.29, 1.82) is 0 Å². The fourth-order valence-electron chi connectivity index (χ4n) is 3.06. The molecule has 0 aromatic heterocycles. The molecule has 0 saturated heterocycles. The summed E-state index contributed by atoms with van der Waals surface area (Å²) in [6, 6.07) is 29.7. The molecular weight excluding hydrogens is 347 g/mol. The van der Waals surface area contributed by atoms with Gasteiger partial charge in [0.15, 0.2) is 0 Å². The fraction of sp³-hybridized carbons (Fsp3) is 0.100. The summed E-state index contributed by atoms with van der Waals surface area (Å²) in [7, 11) is 0. The number of benzene rings is 3. The highest BCUT2D eigenvalue weighted by Crippen LogP contribution is 2.54. The lowest BCUT2D eigenvalue weighted by atomic mass is 9.70. The average Bonchev–Trinajstić information content (AvgIpc) is 2.57. The maximum atomic E-state index is 6.59. The second-order valence-corrected chi connectivity index (χ2v) is 7.63. The molecule has 0 aliphatic rings. The Morgan fingerprint density at radius 2 is 0.696 bits per heavy atom. The molecule has 0 saturated carbocycles. The smallest absolute Gasteiger partial charge is 0.0819 e. The van der Waals surface area contributed by atoms with Gasteiger partial charge >= 0.3 is 0 Å². The summed E-state index contributed by atoms with van der Waals surface area (Å²) in [5.41, 5.74) is 1.94. The first-order valence-corrected chi connectivity index (χ1v) is 8.43. The van der Waals surface area contributed by atoms with Crippen LogP contribution in [0, 0.1) is 0 Å². The first kappa shape index (κ1) is 16.4. The van der Waals surface area contributed by atoms with Gasteiger partial charge in [-0.2, -0.15) is 0 Å². The molecule has 0 spiro atoms. The van der Waals surface area contributed by atoms with Gasteiger partial charge in [-0.1, -0.05) is 126 Å². The van der Waals surface area contributed by atoms with Crippen molar-refractivity contribution in [3.63, 3.8) is 0 Å². The molecule has 116 valence electrons. The van der Waals surface area contributed by atoms with Crippen molar-refractivity contribution < 1.29 is 0 Å². The Hall–Kier alpha value is -1.47. The molecule has 0 fully saturated rings. The van der Waals surface area contributed by atoms with E-state index in [1.807, 2.05) is 91.0 Å². The lowest BCUT2D eigenvalue weighted by molar-refractivity contribution is 0.633. The first-order chi connectivity index (χ1) is 11.1. The molecule has 3 aromatic carbocycles. The lowest BCUT2D eigenvalue weighted by Gasteiger charge is -2.41. The Morgan fingerprint density at radius 3 is 0.913 bits per heavy atom. The Morgan fingerprint density at radius 1 is 0.435 bits per heavy atom. The zero-order valence-corrected chi connectivity index (χ0v) is 14.6. The first-order valence-electron chi connectivity index (χ1n) is 7.30. The van der Waals surface area contributed by atoms with Gasteiger partial charge in [0, 0.05) is 0 Å². The van der Waals surface area contributed by atoms with Gasteiger partial charge in [0.2, 0.25) is 3.79 Å². The summed E-state index contributed by atoms with van der Waals surface area (Å²) in [6.07, 6.45) is 0. The molecule has 3 rings (SSSR count). The predicted octanol–water partition coefficient (Wildman–Crippen LogP) is 6.39. The van der Waals surface area contributed by atoms with Crippen molar-refractivity contribution in [1.82, 2.24) is 0 Å². The average molecular weight is 362 g/mol. The Kier molecular flexibility index (Phi) is 4.68. The molecular formula is C20H15Cl3. The molecule has 0 aliphatic carbocycles. The minimum Gasteiger partial charge on any atom is -0.0819 e. The van der Waals surface area contributed by atoms with Crippen LogP contribution in [0.2, 0.25) is 0 Å². The van der Waals surface area contributed by atoms with Crippen molar-refractivity contribution >= 4 is 34.8 Å². The van der Waals surface area contributed by atoms with Gasteiger partial charge in [-0.15, -0.1) is 0 Å². The lowest BCUT2D eigenvalue weighted by Crippen LogP contribution is -2.42. The second kappa shape index (κ2) is 6.57. The van der Waals surface area contributed by atoms with Gasteiger partial charge in [0.1, 0.15) is 0 Å². The van der Waals surface area contributed by atoms with Crippen LogP contribution >= 0.6 is 34.8 Å². The third-order valence-corrected chi connectivity index (χ3v) is 4.90. The number of halogens is 3. The van der Waals surface area contributed by atoms with Crippen molar-refractivity contribution in [3.8, 4) is 0 Å². The van der Waals surface area contributed by atoms with Crippen molar-refractivity contribution in [2.75, 3.05) is 0 Å². The Bertz CT molecular complexity index is 650. The molecule has 0 nitrogen and oxygen atoms in total. The minimum atomic E-state index is -1.56. The van der Waals surface area contributed by atoms with E-state index < -0.39 is 9.21 Å². The van der Waals surface area contributed by atoms with E-state index in [4.69, 9.17) is 34.8 Å². The minimum absolute atomic E-state index is 0.887. The molecule has 0 aliphatic heterocycles. The predicted molar refractivity (Wildman–Crippen MR) is 99.5 cm³/mol. The van der Waals surface area contributed by atoms with Gasteiger partial charge < -0.3 is 0 Å². The van der Waals surface area contributed by atoms with Crippen LogP contribution in [-0.4, -0.2) is 3.79 Å². The van der Waals surface area contributed by atoms with E-state index in [1.165, 1.54) is 0 Å². The van der Waals surface area contributed by atoms with Gasteiger partial charge in [-0.3, -0.25) is 0 Å². The van der Waals surface area contributed by atoms with Crippen molar-refractivity contribution in [3.05, 3.63) is 108 Å². The van der Waals surface area contributed by atoms with E-state index in [9.17, 15) is 0 Å². The van der Waals surface area contributed by atoms with Crippen LogP contribution in [0.15, 0.2) is 91.0 Å². The van der Waals surface area contributed by atoms with E-state index in [2.05, 4.69) is 0 Å². The van der Waals surface area contributed by atoms with Gasteiger partial charge in [0.05, 0.1) is 5.41 Å². The van der Waals surface area contributed by atoms with Crippen LogP contribution in [0.5, 0.6) is 0 Å². The number of alkyl halides is 3. The monoisotopic (exact) mass is 360 g/mol. The van der Waals surface area contributed by atoms with Crippen LogP contribution in [0.25, 0.3) is 0 Å². The molecule has 0 atom stereocenters. The zero-order valence-electron chi connectivity index (χ0n) is 12.3. The Balaban J connectivity index is 2.41. The topological polar surface area (TPSA) is 0 Å². The number of rotatable bonds is 3. The summed E-state index contributed by atoms with van der Waals surface area (Å²) < 4.78 is -1.56.